The number of carbonyl (C=O) groups is 1. The van der Waals surface area contributed by atoms with E-state index in [9.17, 15) is 4.79 Å². The van der Waals surface area contributed by atoms with Gasteiger partial charge >= 0.3 is 0 Å². The van der Waals surface area contributed by atoms with E-state index in [0.29, 0.717) is 12.5 Å². The number of hydrogen-bond acceptors (Lipinski definition) is 2. The molecule has 84 valence electrons. The summed E-state index contributed by atoms with van der Waals surface area (Å²) < 4.78 is 0. The van der Waals surface area contributed by atoms with Crippen LogP contribution in [0.5, 0.6) is 0 Å². The lowest BCUT2D eigenvalue weighted by Crippen LogP contribution is -2.37. The van der Waals surface area contributed by atoms with Crippen LogP contribution in [0.4, 0.5) is 0 Å². The largest absolute Gasteiger partial charge is 0.355 e. The number of rotatable bonds is 7. The van der Waals surface area contributed by atoms with Gasteiger partial charge in [0.25, 0.3) is 0 Å². The average molecular weight is 200 g/mol. The van der Waals surface area contributed by atoms with Crippen molar-refractivity contribution in [2.75, 3.05) is 26.2 Å². The van der Waals surface area contributed by atoms with Gasteiger partial charge in [0.15, 0.2) is 0 Å². The maximum absolute atomic E-state index is 11.4. The Balaban J connectivity index is 3.54. The molecule has 0 spiro atoms. The van der Waals surface area contributed by atoms with Gasteiger partial charge in [0, 0.05) is 6.54 Å². The fourth-order valence-corrected chi connectivity index (χ4v) is 1.21. The molecule has 3 nitrogen and oxygen atoms in total. The van der Waals surface area contributed by atoms with Gasteiger partial charge < -0.3 is 5.32 Å². The van der Waals surface area contributed by atoms with Crippen LogP contribution in [-0.2, 0) is 4.79 Å². The summed E-state index contributed by atoms with van der Waals surface area (Å²) in [6.07, 6.45) is 1.06. The van der Waals surface area contributed by atoms with Gasteiger partial charge in [0.2, 0.25) is 5.91 Å². The fourth-order valence-electron chi connectivity index (χ4n) is 1.21. The van der Waals surface area contributed by atoms with Crippen molar-refractivity contribution in [1.29, 1.82) is 0 Å². The van der Waals surface area contributed by atoms with Gasteiger partial charge in [-0.15, -0.1) is 0 Å². The second-order valence-corrected chi connectivity index (χ2v) is 3.99. The highest BCUT2D eigenvalue weighted by Gasteiger charge is 2.06. The highest BCUT2D eigenvalue weighted by Crippen LogP contribution is 1.96. The van der Waals surface area contributed by atoms with E-state index in [1.807, 2.05) is 0 Å². The number of nitrogens with one attached hydrogen (secondary N) is 1. The molecule has 3 heteroatoms. The molecule has 14 heavy (non-hydrogen) atoms. The lowest BCUT2D eigenvalue weighted by Gasteiger charge is -2.17. The summed E-state index contributed by atoms with van der Waals surface area (Å²) in [5.74, 6) is 0.804. The second kappa shape index (κ2) is 7.80. The minimum atomic E-state index is 0.148. The molecule has 0 rings (SSSR count). The van der Waals surface area contributed by atoms with E-state index in [2.05, 4.69) is 37.9 Å². The summed E-state index contributed by atoms with van der Waals surface area (Å²) in [5, 5.41) is 2.93. The van der Waals surface area contributed by atoms with E-state index < -0.39 is 0 Å². The normalized spacial score (nSPS) is 11.0. The molecule has 0 fully saturated rings. The molecule has 0 aliphatic rings. The van der Waals surface area contributed by atoms with Crippen molar-refractivity contribution in [2.24, 2.45) is 5.92 Å². The molecule has 0 aromatic rings. The summed E-state index contributed by atoms with van der Waals surface area (Å²) in [6.45, 7) is 11.7. The van der Waals surface area contributed by atoms with Crippen molar-refractivity contribution in [1.82, 2.24) is 10.2 Å². The third-order valence-electron chi connectivity index (χ3n) is 2.31. The van der Waals surface area contributed by atoms with Gasteiger partial charge in [0.05, 0.1) is 6.54 Å². The van der Waals surface area contributed by atoms with Crippen LogP contribution in [0.15, 0.2) is 0 Å². The van der Waals surface area contributed by atoms with Crippen molar-refractivity contribution in [2.45, 2.75) is 34.1 Å². The lowest BCUT2D eigenvalue weighted by atomic mass is 10.1. The molecular weight excluding hydrogens is 176 g/mol. The molecule has 0 saturated heterocycles. The van der Waals surface area contributed by atoms with E-state index in [-0.39, 0.29) is 5.91 Å². The van der Waals surface area contributed by atoms with E-state index in [0.717, 1.165) is 26.1 Å². The van der Waals surface area contributed by atoms with Crippen molar-refractivity contribution in [3.63, 3.8) is 0 Å². The molecule has 1 N–H and O–H groups in total. The van der Waals surface area contributed by atoms with Gasteiger partial charge in [0.1, 0.15) is 0 Å². The van der Waals surface area contributed by atoms with Gasteiger partial charge in [-0.25, -0.2) is 0 Å². The van der Waals surface area contributed by atoms with Crippen LogP contribution in [0, 0.1) is 5.92 Å². The first-order valence-corrected chi connectivity index (χ1v) is 5.59. The zero-order chi connectivity index (χ0) is 11.0. The smallest absolute Gasteiger partial charge is 0.234 e. The van der Waals surface area contributed by atoms with E-state index in [1.165, 1.54) is 0 Å². The number of nitrogens with zero attached hydrogens (tertiary/aromatic N) is 1. The molecule has 0 saturated carbocycles. The highest BCUT2D eigenvalue weighted by molar-refractivity contribution is 5.77. The minimum absolute atomic E-state index is 0.148. The SMILES string of the molecule is CCN(CC)CC(=O)NCCC(C)C. The van der Waals surface area contributed by atoms with Crippen LogP contribution < -0.4 is 5.32 Å². The Morgan fingerprint density at radius 2 is 1.86 bits per heavy atom. The van der Waals surface area contributed by atoms with Crippen molar-refractivity contribution in [3.8, 4) is 0 Å². The Hall–Kier alpha value is -0.570. The van der Waals surface area contributed by atoms with Crippen LogP contribution >= 0.6 is 0 Å². The molecule has 1 amide bonds. The second-order valence-electron chi connectivity index (χ2n) is 3.99. The van der Waals surface area contributed by atoms with Crippen molar-refractivity contribution in [3.05, 3.63) is 0 Å². The van der Waals surface area contributed by atoms with Crippen LogP contribution in [0.25, 0.3) is 0 Å². The van der Waals surface area contributed by atoms with Gasteiger partial charge in [-0.3, -0.25) is 9.69 Å². The predicted molar refractivity (Wildman–Crippen MR) is 60.3 cm³/mol. The first-order chi connectivity index (χ1) is 6.60. The summed E-state index contributed by atoms with van der Waals surface area (Å²) in [4.78, 5) is 13.5. The molecule has 0 aromatic heterocycles. The minimum Gasteiger partial charge on any atom is -0.355 e. The Kier molecular flexibility index (Phi) is 7.48. The maximum Gasteiger partial charge on any atom is 0.234 e. The maximum atomic E-state index is 11.4. The Morgan fingerprint density at radius 3 is 2.29 bits per heavy atom. The van der Waals surface area contributed by atoms with E-state index >= 15 is 0 Å². The first-order valence-electron chi connectivity index (χ1n) is 5.59. The monoisotopic (exact) mass is 200 g/mol. The Bertz CT molecular complexity index is 153. The number of carbonyl (C=O) groups excluding carboxylic acids is 1. The van der Waals surface area contributed by atoms with Crippen LogP contribution in [-0.4, -0.2) is 37.0 Å². The molecule has 0 aliphatic heterocycles. The summed E-state index contributed by atoms with van der Waals surface area (Å²) in [6, 6.07) is 0. The van der Waals surface area contributed by atoms with E-state index in [4.69, 9.17) is 0 Å². The number of likely N-dealkylation sites (N-methyl/N-ethyl adjacent to an activating group) is 1. The molecule has 0 radical (unpaired) electrons. The lowest BCUT2D eigenvalue weighted by molar-refractivity contribution is -0.122. The average Bonchev–Trinajstić information content (AvgIpc) is 2.13. The third-order valence-corrected chi connectivity index (χ3v) is 2.31. The number of amides is 1. The van der Waals surface area contributed by atoms with Gasteiger partial charge in [-0.2, -0.15) is 0 Å². The number of hydrogen-bond donors (Lipinski definition) is 1. The topological polar surface area (TPSA) is 32.3 Å². The summed E-state index contributed by atoms with van der Waals surface area (Å²) in [5.41, 5.74) is 0. The molecule has 0 atom stereocenters. The Labute approximate surface area is 87.9 Å². The quantitative estimate of drug-likeness (QED) is 0.675. The van der Waals surface area contributed by atoms with Gasteiger partial charge in [-0.1, -0.05) is 27.7 Å². The molecule has 0 heterocycles. The predicted octanol–water partition coefficient (Wildman–Crippen LogP) is 1.49. The van der Waals surface area contributed by atoms with Crippen molar-refractivity contribution >= 4 is 5.91 Å². The fraction of sp³-hybridized carbons (Fsp3) is 0.909. The molecule has 0 unspecified atom stereocenters. The standard InChI is InChI=1S/C11H24N2O/c1-5-13(6-2)9-11(14)12-8-7-10(3)4/h10H,5-9H2,1-4H3,(H,12,14). The van der Waals surface area contributed by atoms with Crippen LogP contribution in [0.1, 0.15) is 34.1 Å². The zero-order valence-corrected chi connectivity index (χ0v) is 9.97. The molecule has 0 aliphatic carbocycles. The van der Waals surface area contributed by atoms with Crippen LogP contribution in [0.3, 0.4) is 0 Å². The molecule has 0 bridgehead atoms. The zero-order valence-electron chi connectivity index (χ0n) is 9.97. The van der Waals surface area contributed by atoms with Crippen molar-refractivity contribution < 1.29 is 4.79 Å². The highest BCUT2D eigenvalue weighted by atomic mass is 16.2. The molecular formula is C11H24N2O. The first kappa shape index (κ1) is 13.4. The van der Waals surface area contributed by atoms with E-state index in [1.54, 1.807) is 0 Å². The summed E-state index contributed by atoms with van der Waals surface area (Å²) >= 11 is 0. The molecule has 0 aromatic carbocycles. The Morgan fingerprint density at radius 1 is 1.29 bits per heavy atom. The van der Waals surface area contributed by atoms with Crippen LogP contribution in [0.2, 0.25) is 0 Å². The third kappa shape index (κ3) is 6.89. The van der Waals surface area contributed by atoms with Gasteiger partial charge in [-0.05, 0) is 25.4 Å². The summed E-state index contributed by atoms with van der Waals surface area (Å²) in [7, 11) is 0.